The van der Waals surface area contributed by atoms with Gasteiger partial charge in [-0.15, -0.1) is 0 Å². The molecule has 0 aromatic heterocycles. The van der Waals surface area contributed by atoms with Gasteiger partial charge < -0.3 is 15.2 Å². The second-order valence-corrected chi connectivity index (χ2v) is 9.59. The van der Waals surface area contributed by atoms with Gasteiger partial charge in [-0.2, -0.15) is 0 Å². The maximum absolute atomic E-state index is 13.4. The SMILES string of the molecule is O=C(OCC(CCC1CCNCC1)c1ccccc1)C(O)(c1ccccc1)C1CCCC1. The molecule has 1 aliphatic carbocycles. The molecule has 2 aromatic carbocycles. The molecule has 2 N–H and O–H groups in total. The van der Waals surface area contributed by atoms with Crippen LogP contribution in [-0.4, -0.2) is 30.8 Å². The summed E-state index contributed by atoms with van der Waals surface area (Å²) in [5, 5.41) is 15.1. The summed E-state index contributed by atoms with van der Waals surface area (Å²) >= 11 is 0. The summed E-state index contributed by atoms with van der Waals surface area (Å²) in [6.45, 7) is 2.51. The predicted octanol–water partition coefficient (Wildman–Crippen LogP) is 5.17. The van der Waals surface area contributed by atoms with Crippen molar-refractivity contribution in [3.63, 3.8) is 0 Å². The summed E-state index contributed by atoms with van der Waals surface area (Å²) < 4.78 is 5.93. The lowest BCUT2D eigenvalue weighted by Gasteiger charge is -2.33. The molecule has 0 radical (unpaired) electrons. The van der Waals surface area contributed by atoms with Crippen LogP contribution in [0.3, 0.4) is 0 Å². The number of esters is 1. The Kier molecular flexibility index (Phi) is 7.99. The van der Waals surface area contributed by atoms with Crippen LogP contribution >= 0.6 is 0 Å². The molecular weight excluding hydrogens is 398 g/mol. The highest BCUT2D eigenvalue weighted by Gasteiger charge is 2.48. The standard InChI is InChI=1S/C28H37NO3/c30-27(28(31,26-13-7-8-14-26)25-11-5-2-6-12-25)32-21-24(23-9-3-1-4-10-23)16-15-22-17-19-29-20-18-22/h1-6,9-12,22,24,26,29,31H,7-8,13-21H2. The van der Waals surface area contributed by atoms with Crippen LogP contribution in [-0.2, 0) is 15.1 Å². The fourth-order valence-electron chi connectivity index (χ4n) is 5.52. The second-order valence-electron chi connectivity index (χ2n) is 9.59. The Balaban J connectivity index is 1.47. The smallest absolute Gasteiger partial charge is 0.343 e. The van der Waals surface area contributed by atoms with E-state index in [1.54, 1.807) is 0 Å². The maximum atomic E-state index is 13.4. The average Bonchev–Trinajstić information content (AvgIpc) is 3.41. The minimum Gasteiger partial charge on any atom is -0.463 e. The number of hydrogen-bond donors (Lipinski definition) is 2. The quantitative estimate of drug-likeness (QED) is 0.534. The van der Waals surface area contributed by atoms with Gasteiger partial charge in [0.2, 0.25) is 0 Å². The molecule has 172 valence electrons. The molecule has 32 heavy (non-hydrogen) atoms. The molecule has 2 unspecified atom stereocenters. The summed E-state index contributed by atoms with van der Waals surface area (Å²) in [4.78, 5) is 13.4. The Hall–Kier alpha value is -2.17. The van der Waals surface area contributed by atoms with Gasteiger partial charge in [-0.1, -0.05) is 73.5 Å². The Morgan fingerprint density at radius 1 is 0.969 bits per heavy atom. The van der Waals surface area contributed by atoms with Gasteiger partial charge in [-0.05, 0) is 68.7 Å². The molecule has 1 aliphatic heterocycles. The summed E-state index contributed by atoms with van der Waals surface area (Å²) in [6.07, 6.45) is 8.40. The lowest BCUT2D eigenvalue weighted by Crippen LogP contribution is -2.44. The van der Waals surface area contributed by atoms with Crippen LogP contribution in [0.25, 0.3) is 0 Å². The minimum absolute atomic E-state index is 0.0812. The van der Waals surface area contributed by atoms with E-state index in [9.17, 15) is 9.90 Å². The first-order valence-electron chi connectivity index (χ1n) is 12.4. The van der Waals surface area contributed by atoms with Gasteiger partial charge >= 0.3 is 5.97 Å². The highest BCUT2D eigenvalue weighted by Crippen LogP contribution is 2.41. The van der Waals surface area contributed by atoms with Crippen molar-refractivity contribution >= 4 is 5.97 Å². The van der Waals surface area contributed by atoms with E-state index in [4.69, 9.17) is 4.74 Å². The molecule has 4 rings (SSSR count). The monoisotopic (exact) mass is 435 g/mol. The third-order valence-corrected chi connectivity index (χ3v) is 7.54. The predicted molar refractivity (Wildman–Crippen MR) is 127 cm³/mol. The van der Waals surface area contributed by atoms with Gasteiger partial charge in [0, 0.05) is 11.8 Å². The number of rotatable bonds is 9. The van der Waals surface area contributed by atoms with Crippen LogP contribution in [0.2, 0.25) is 0 Å². The summed E-state index contributed by atoms with van der Waals surface area (Å²) in [7, 11) is 0. The van der Waals surface area contributed by atoms with Crippen molar-refractivity contribution in [3.05, 3.63) is 71.8 Å². The van der Waals surface area contributed by atoms with Crippen LogP contribution < -0.4 is 5.32 Å². The first kappa shape index (κ1) is 23.0. The van der Waals surface area contributed by atoms with E-state index in [1.807, 2.05) is 48.5 Å². The topological polar surface area (TPSA) is 58.6 Å². The molecule has 0 bridgehead atoms. The van der Waals surface area contributed by atoms with Crippen molar-refractivity contribution in [2.24, 2.45) is 11.8 Å². The van der Waals surface area contributed by atoms with Crippen LogP contribution in [0.15, 0.2) is 60.7 Å². The number of hydrogen-bond acceptors (Lipinski definition) is 4. The first-order chi connectivity index (χ1) is 15.7. The molecule has 1 saturated heterocycles. The van der Waals surface area contributed by atoms with Crippen molar-refractivity contribution in [1.82, 2.24) is 5.32 Å². The fraction of sp³-hybridized carbons (Fsp3) is 0.536. The van der Waals surface area contributed by atoms with Crippen molar-refractivity contribution < 1.29 is 14.6 Å². The third kappa shape index (κ3) is 5.41. The average molecular weight is 436 g/mol. The summed E-state index contributed by atoms with van der Waals surface area (Å²) in [5.41, 5.74) is 0.301. The highest BCUT2D eigenvalue weighted by atomic mass is 16.5. The highest BCUT2D eigenvalue weighted by molar-refractivity contribution is 5.81. The molecule has 2 atom stereocenters. The Bertz CT molecular complexity index is 828. The van der Waals surface area contributed by atoms with Crippen LogP contribution in [0.4, 0.5) is 0 Å². The van der Waals surface area contributed by atoms with E-state index in [-0.39, 0.29) is 11.8 Å². The zero-order valence-corrected chi connectivity index (χ0v) is 19.0. The number of carbonyl (C=O) groups excluding carboxylic acids is 1. The zero-order valence-electron chi connectivity index (χ0n) is 19.0. The van der Waals surface area contributed by atoms with Gasteiger partial charge in [-0.25, -0.2) is 4.79 Å². The van der Waals surface area contributed by atoms with E-state index in [1.165, 1.54) is 18.4 Å². The number of ether oxygens (including phenoxy) is 1. The normalized spacial score (nSPS) is 20.5. The van der Waals surface area contributed by atoms with Gasteiger partial charge in [0.25, 0.3) is 0 Å². The molecule has 0 amide bonds. The lowest BCUT2D eigenvalue weighted by molar-refractivity contribution is -0.174. The van der Waals surface area contributed by atoms with Crippen molar-refractivity contribution in [3.8, 4) is 0 Å². The van der Waals surface area contributed by atoms with E-state index in [2.05, 4.69) is 17.4 Å². The molecule has 0 spiro atoms. The van der Waals surface area contributed by atoms with E-state index in [0.717, 1.165) is 57.5 Å². The third-order valence-electron chi connectivity index (χ3n) is 7.54. The van der Waals surface area contributed by atoms with E-state index in [0.29, 0.717) is 12.2 Å². The van der Waals surface area contributed by atoms with Crippen LogP contribution in [0, 0.1) is 11.8 Å². The van der Waals surface area contributed by atoms with Crippen molar-refractivity contribution in [2.75, 3.05) is 19.7 Å². The molecular formula is C28H37NO3. The molecule has 4 nitrogen and oxygen atoms in total. The zero-order chi connectivity index (χ0) is 22.2. The van der Waals surface area contributed by atoms with E-state index < -0.39 is 11.6 Å². The summed E-state index contributed by atoms with van der Waals surface area (Å²) in [6, 6.07) is 19.8. The molecule has 1 saturated carbocycles. The maximum Gasteiger partial charge on any atom is 0.343 e. The number of nitrogens with one attached hydrogen (secondary N) is 1. The number of piperidine rings is 1. The van der Waals surface area contributed by atoms with E-state index >= 15 is 0 Å². The molecule has 2 aromatic rings. The van der Waals surface area contributed by atoms with Crippen molar-refractivity contribution in [1.29, 1.82) is 0 Å². The second kappa shape index (κ2) is 11.1. The number of aliphatic hydroxyl groups is 1. The minimum atomic E-state index is -1.56. The van der Waals surface area contributed by atoms with Gasteiger partial charge in [0.05, 0.1) is 6.61 Å². The Morgan fingerprint density at radius 3 is 2.25 bits per heavy atom. The molecule has 4 heteroatoms. The van der Waals surface area contributed by atoms with Crippen LogP contribution in [0.1, 0.15) is 68.4 Å². The molecule has 2 fully saturated rings. The molecule has 2 aliphatic rings. The lowest BCUT2D eigenvalue weighted by atomic mass is 9.80. The largest absolute Gasteiger partial charge is 0.463 e. The fourth-order valence-corrected chi connectivity index (χ4v) is 5.52. The van der Waals surface area contributed by atoms with Crippen LogP contribution in [0.5, 0.6) is 0 Å². The first-order valence-corrected chi connectivity index (χ1v) is 12.4. The van der Waals surface area contributed by atoms with Gasteiger partial charge in [0.15, 0.2) is 5.60 Å². The number of benzene rings is 2. The Morgan fingerprint density at radius 2 is 1.59 bits per heavy atom. The molecule has 1 heterocycles. The van der Waals surface area contributed by atoms with Gasteiger partial charge in [-0.3, -0.25) is 0 Å². The van der Waals surface area contributed by atoms with Crippen molar-refractivity contribution in [2.45, 2.75) is 62.9 Å². The van der Waals surface area contributed by atoms with Gasteiger partial charge in [0.1, 0.15) is 0 Å². The number of carbonyl (C=O) groups is 1. The summed E-state index contributed by atoms with van der Waals surface area (Å²) in [5.74, 6) is 0.317. The Labute approximate surface area is 192 Å².